The van der Waals surface area contributed by atoms with Crippen molar-refractivity contribution < 1.29 is 19.0 Å². The molecule has 0 spiro atoms. The van der Waals surface area contributed by atoms with Crippen molar-refractivity contribution >= 4 is 33.1 Å². The van der Waals surface area contributed by atoms with Crippen LogP contribution in [0.4, 0.5) is 5.13 Å². The lowest BCUT2D eigenvalue weighted by Gasteiger charge is -2.14. The van der Waals surface area contributed by atoms with Gasteiger partial charge in [0.05, 0.1) is 27.0 Å². The number of ether oxygens (including phenoxy) is 3. The van der Waals surface area contributed by atoms with E-state index in [0.717, 1.165) is 22.2 Å². The monoisotopic (exact) mass is 448 g/mol. The molecule has 0 unspecified atom stereocenters. The van der Waals surface area contributed by atoms with E-state index in [4.69, 9.17) is 14.2 Å². The van der Waals surface area contributed by atoms with Gasteiger partial charge in [-0.1, -0.05) is 36.4 Å². The largest absolute Gasteiger partial charge is 0.493 e. The van der Waals surface area contributed by atoms with Crippen molar-refractivity contribution in [3.05, 3.63) is 65.5 Å². The molecule has 0 fully saturated rings. The summed E-state index contributed by atoms with van der Waals surface area (Å²) < 4.78 is 16.1. The number of hydrogen-bond donors (Lipinski definition) is 1. The van der Waals surface area contributed by atoms with E-state index in [9.17, 15) is 4.79 Å². The lowest BCUT2D eigenvalue weighted by atomic mass is 10.1. The van der Waals surface area contributed by atoms with Crippen molar-refractivity contribution in [1.82, 2.24) is 4.98 Å². The number of aromatic nitrogens is 1. The Bertz CT molecular complexity index is 1230. The molecule has 164 valence electrons. The Morgan fingerprint density at radius 2 is 1.66 bits per heavy atom. The molecule has 3 aromatic carbocycles. The van der Waals surface area contributed by atoms with E-state index >= 15 is 0 Å². The number of carbonyl (C=O) groups is 1. The molecule has 0 atom stereocenters. The summed E-state index contributed by atoms with van der Waals surface area (Å²) >= 11 is 1.42. The number of nitrogens with one attached hydrogen (secondary N) is 1. The second-order valence-corrected chi connectivity index (χ2v) is 8.04. The minimum absolute atomic E-state index is 0.0989. The number of carbonyl (C=O) groups excluding carboxylic acids is 1. The standard InChI is InChI=1S/C25H24N2O4S/c1-29-21-12-16(13-22(30-2)24(21)31-3)8-11-23(28)27-25-26-20(15-32-25)19-10-9-17-6-4-5-7-18(17)14-19/h4-7,9-10,12-15H,8,11H2,1-3H3,(H,26,27,28). The zero-order valence-corrected chi connectivity index (χ0v) is 19.0. The van der Waals surface area contributed by atoms with E-state index in [-0.39, 0.29) is 5.91 Å². The summed E-state index contributed by atoms with van der Waals surface area (Å²) in [6, 6.07) is 18.2. The van der Waals surface area contributed by atoms with Gasteiger partial charge in [-0.3, -0.25) is 4.79 Å². The van der Waals surface area contributed by atoms with Gasteiger partial charge in [0.1, 0.15) is 0 Å². The van der Waals surface area contributed by atoms with Crippen LogP contribution in [0.25, 0.3) is 22.0 Å². The van der Waals surface area contributed by atoms with Gasteiger partial charge >= 0.3 is 0 Å². The Morgan fingerprint density at radius 3 is 2.34 bits per heavy atom. The highest BCUT2D eigenvalue weighted by atomic mass is 32.1. The molecule has 1 amide bonds. The van der Waals surface area contributed by atoms with Gasteiger partial charge < -0.3 is 19.5 Å². The van der Waals surface area contributed by atoms with Crippen LogP contribution < -0.4 is 19.5 Å². The lowest BCUT2D eigenvalue weighted by molar-refractivity contribution is -0.116. The number of fused-ring (bicyclic) bond motifs is 1. The molecular formula is C25H24N2O4S. The highest BCUT2D eigenvalue weighted by Crippen LogP contribution is 2.38. The summed E-state index contributed by atoms with van der Waals surface area (Å²) in [7, 11) is 4.71. The first-order valence-corrected chi connectivity index (χ1v) is 11.0. The smallest absolute Gasteiger partial charge is 0.226 e. The fourth-order valence-electron chi connectivity index (χ4n) is 3.53. The molecule has 4 rings (SSSR count). The number of amides is 1. The molecule has 0 aliphatic heterocycles. The Labute approximate surface area is 190 Å². The lowest BCUT2D eigenvalue weighted by Crippen LogP contribution is -2.12. The molecule has 1 N–H and O–H groups in total. The molecule has 32 heavy (non-hydrogen) atoms. The number of anilines is 1. The first-order chi connectivity index (χ1) is 15.6. The molecule has 0 aliphatic carbocycles. The maximum atomic E-state index is 12.5. The van der Waals surface area contributed by atoms with E-state index in [1.54, 1.807) is 21.3 Å². The van der Waals surface area contributed by atoms with E-state index in [1.165, 1.54) is 16.7 Å². The fraction of sp³-hybridized carbons (Fsp3) is 0.200. The predicted molar refractivity (Wildman–Crippen MR) is 128 cm³/mol. The molecule has 1 heterocycles. The number of methoxy groups -OCH3 is 3. The summed E-state index contributed by atoms with van der Waals surface area (Å²) in [5.41, 5.74) is 2.80. The molecule has 7 heteroatoms. The summed E-state index contributed by atoms with van der Waals surface area (Å²) in [6.45, 7) is 0. The van der Waals surface area contributed by atoms with Gasteiger partial charge in [-0.25, -0.2) is 4.98 Å². The van der Waals surface area contributed by atoms with Crippen molar-refractivity contribution in [2.75, 3.05) is 26.6 Å². The average Bonchev–Trinajstić information content (AvgIpc) is 3.30. The predicted octanol–water partition coefficient (Wildman–Crippen LogP) is 5.56. The van der Waals surface area contributed by atoms with Crippen molar-refractivity contribution in [3.63, 3.8) is 0 Å². The second kappa shape index (κ2) is 9.70. The number of thiazole rings is 1. The minimum Gasteiger partial charge on any atom is -0.493 e. The first-order valence-electron chi connectivity index (χ1n) is 10.1. The third kappa shape index (κ3) is 4.68. The van der Waals surface area contributed by atoms with Gasteiger partial charge in [-0.05, 0) is 41.0 Å². The number of hydrogen-bond acceptors (Lipinski definition) is 6. The topological polar surface area (TPSA) is 69.7 Å². The normalized spacial score (nSPS) is 10.7. The van der Waals surface area contributed by atoms with E-state index in [0.29, 0.717) is 35.2 Å². The molecule has 0 saturated heterocycles. The minimum atomic E-state index is -0.0989. The summed E-state index contributed by atoms with van der Waals surface area (Å²) in [5.74, 6) is 1.58. The maximum absolute atomic E-state index is 12.5. The zero-order chi connectivity index (χ0) is 22.5. The van der Waals surface area contributed by atoms with Crippen LogP contribution in [-0.2, 0) is 11.2 Å². The van der Waals surface area contributed by atoms with E-state index < -0.39 is 0 Å². The van der Waals surface area contributed by atoms with E-state index in [2.05, 4.69) is 34.6 Å². The van der Waals surface area contributed by atoms with Crippen molar-refractivity contribution in [2.24, 2.45) is 0 Å². The van der Waals surface area contributed by atoms with Crippen LogP contribution in [0.15, 0.2) is 60.0 Å². The Balaban J connectivity index is 1.41. The number of aryl methyl sites for hydroxylation is 1. The van der Waals surface area contributed by atoms with Crippen LogP contribution >= 0.6 is 11.3 Å². The van der Waals surface area contributed by atoms with Gasteiger partial charge in [0, 0.05) is 17.4 Å². The third-order valence-electron chi connectivity index (χ3n) is 5.16. The van der Waals surface area contributed by atoms with Crippen molar-refractivity contribution in [2.45, 2.75) is 12.8 Å². The Kier molecular flexibility index (Phi) is 6.56. The van der Waals surface area contributed by atoms with Crippen LogP contribution in [0.5, 0.6) is 17.2 Å². The van der Waals surface area contributed by atoms with Crippen LogP contribution in [0.1, 0.15) is 12.0 Å². The summed E-state index contributed by atoms with van der Waals surface area (Å²) in [5, 5.41) is 7.79. The number of benzene rings is 3. The highest BCUT2D eigenvalue weighted by Gasteiger charge is 2.14. The van der Waals surface area contributed by atoms with Gasteiger partial charge in [0.2, 0.25) is 11.7 Å². The highest BCUT2D eigenvalue weighted by molar-refractivity contribution is 7.14. The third-order valence-corrected chi connectivity index (χ3v) is 5.92. The van der Waals surface area contributed by atoms with Gasteiger partial charge in [0.25, 0.3) is 0 Å². The van der Waals surface area contributed by atoms with Crippen LogP contribution in [0.2, 0.25) is 0 Å². The molecule has 6 nitrogen and oxygen atoms in total. The van der Waals surface area contributed by atoms with E-state index in [1.807, 2.05) is 35.7 Å². The van der Waals surface area contributed by atoms with Crippen LogP contribution in [0.3, 0.4) is 0 Å². The molecule has 0 radical (unpaired) electrons. The molecule has 0 saturated carbocycles. The Morgan fingerprint density at radius 1 is 0.938 bits per heavy atom. The molecule has 0 aliphatic rings. The van der Waals surface area contributed by atoms with Crippen LogP contribution in [-0.4, -0.2) is 32.2 Å². The molecule has 4 aromatic rings. The molecular weight excluding hydrogens is 424 g/mol. The molecule has 0 bridgehead atoms. The average molecular weight is 449 g/mol. The van der Waals surface area contributed by atoms with Crippen LogP contribution in [0, 0.1) is 0 Å². The summed E-state index contributed by atoms with van der Waals surface area (Å²) in [6.07, 6.45) is 0.842. The van der Waals surface area contributed by atoms with Crippen molar-refractivity contribution in [1.29, 1.82) is 0 Å². The number of nitrogens with zero attached hydrogens (tertiary/aromatic N) is 1. The van der Waals surface area contributed by atoms with Gasteiger partial charge in [-0.2, -0.15) is 0 Å². The SMILES string of the molecule is COc1cc(CCC(=O)Nc2nc(-c3ccc4ccccc4c3)cs2)cc(OC)c1OC. The zero-order valence-electron chi connectivity index (χ0n) is 18.2. The summed E-state index contributed by atoms with van der Waals surface area (Å²) in [4.78, 5) is 17.1. The fourth-order valence-corrected chi connectivity index (χ4v) is 4.27. The second-order valence-electron chi connectivity index (χ2n) is 7.18. The van der Waals surface area contributed by atoms with Gasteiger partial charge in [0.15, 0.2) is 16.6 Å². The Hall–Kier alpha value is -3.58. The number of rotatable bonds is 8. The quantitative estimate of drug-likeness (QED) is 0.382. The van der Waals surface area contributed by atoms with Crippen molar-refractivity contribution in [3.8, 4) is 28.5 Å². The maximum Gasteiger partial charge on any atom is 0.226 e. The first kappa shape index (κ1) is 21.6. The molecule has 1 aromatic heterocycles. The van der Waals surface area contributed by atoms with Gasteiger partial charge in [-0.15, -0.1) is 11.3 Å².